The Bertz CT molecular complexity index is 1210. The van der Waals surface area contributed by atoms with Gasteiger partial charge in [-0.25, -0.2) is 4.68 Å². The predicted molar refractivity (Wildman–Crippen MR) is 126 cm³/mol. The van der Waals surface area contributed by atoms with Crippen molar-refractivity contribution in [3.63, 3.8) is 0 Å². The van der Waals surface area contributed by atoms with Gasteiger partial charge in [-0.1, -0.05) is 47.5 Å². The molecule has 0 radical (unpaired) electrons. The first kappa shape index (κ1) is 21.3. The van der Waals surface area contributed by atoms with Gasteiger partial charge in [0.25, 0.3) is 5.91 Å². The van der Waals surface area contributed by atoms with Crippen LogP contribution in [0, 0.1) is 13.8 Å². The zero-order valence-corrected chi connectivity index (χ0v) is 18.7. The van der Waals surface area contributed by atoms with Gasteiger partial charge in [-0.3, -0.25) is 4.79 Å². The number of nitrogens with one attached hydrogen (secondary N) is 1. The first-order valence-electron chi connectivity index (χ1n) is 10.6. The Morgan fingerprint density at radius 3 is 2.06 bits per heavy atom. The Balaban J connectivity index is 1.61. The summed E-state index contributed by atoms with van der Waals surface area (Å²) in [4.78, 5) is 17.1. The van der Waals surface area contributed by atoms with Crippen LogP contribution in [0.15, 0.2) is 72.8 Å². The maximum absolute atomic E-state index is 12.5. The average molecular weight is 427 g/mol. The first-order chi connectivity index (χ1) is 15.4. The van der Waals surface area contributed by atoms with Gasteiger partial charge in [0, 0.05) is 16.8 Å². The molecule has 3 aromatic carbocycles. The lowest BCUT2D eigenvalue weighted by atomic mass is 10.1. The van der Waals surface area contributed by atoms with Crippen molar-refractivity contribution in [3.05, 3.63) is 89.5 Å². The summed E-state index contributed by atoms with van der Waals surface area (Å²) in [6.07, 6.45) is -0.0314. The summed E-state index contributed by atoms with van der Waals surface area (Å²) >= 11 is 0. The number of carbonyl (C=O) groups excluding carboxylic acids is 1. The number of benzene rings is 3. The van der Waals surface area contributed by atoms with Crippen LogP contribution in [0.3, 0.4) is 0 Å². The fraction of sp³-hybridized carbons (Fsp3) is 0.192. The van der Waals surface area contributed by atoms with E-state index < -0.39 is 0 Å². The van der Waals surface area contributed by atoms with Crippen LogP contribution in [0.4, 0.5) is 5.69 Å². The molecule has 1 amide bonds. The van der Waals surface area contributed by atoms with Gasteiger partial charge in [-0.15, -0.1) is 5.10 Å². The smallest absolute Gasteiger partial charge is 0.336 e. The molecule has 32 heavy (non-hydrogen) atoms. The van der Waals surface area contributed by atoms with Gasteiger partial charge in [0.2, 0.25) is 0 Å². The number of hydrogen-bond donors (Lipinski definition) is 1. The maximum atomic E-state index is 12.5. The monoisotopic (exact) mass is 426 g/mol. The normalized spacial score (nSPS) is 10.9. The largest absolute Gasteiger partial charge is 0.460 e. The fourth-order valence-electron chi connectivity index (χ4n) is 3.22. The summed E-state index contributed by atoms with van der Waals surface area (Å²) in [6, 6.07) is 23.4. The van der Waals surface area contributed by atoms with E-state index in [0.717, 1.165) is 16.8 Å². The molecule has 1 N–H and O–H groups in total. The second-order valence-electron chi connectivity index (χ2n) is 8.03. The Hall–Kier alpha value is -3.93. The quantitative estimate of drug-likeness (QED) is 0.436. The highest BCUT2D eigenvalue weighted by Gasteiger charge is 2.16. The minimum Gasteiger partial charge on any atom is -0.460 e. The minimum atomic E-state index is -0.147. The highest BCUT2D eigenvalue weighted by Crippen LogP contribution is 2.25. The standard InChI is InChI=1S/C26H26N4O2/c1-17(2)32-26-28-24(20-9-5-18(3)6-10-20)30(29-26)23-15-13-22(14-16-23)27-25(31)21-11-7-19(4)8-12-21/h5-17H,1-4H3,(H,27,31). The van der Waals surface area contributed by atoms with Crippen molar-refractivity contribution in [1.82, 2.24) is 14.8 Å². The molecule has 162 valence electrons. The van der Waals surface area contributed by atoms with E-state index in [-0.39, 0.29) is 12.0 Å². The molecular formula is C26H26N4O2. The van der Waals surface area contributed by atoms with Crippen LogP contribution in [-0.2, 0) is 0 Å². The molecule has 0 atom stereocenters. The highest BCUT2D eigenvalue weighted by atomic mass is 16.5. The summed E-state index contributed by atoms with van der Waals surface area (Å²) < 4.78 is 7.49. The molecule has 0 saturated carbocycles. The predicted octanol–water partition coefficient (Wildman–Crippen LogP) is 5.59. The van der Waals surface area contributed by atoms with Crippen LogP contribution in [0.2, 0.25) is 0 Å². The Kier molecular flexibility index (Phi) is 6.03. The minimum absolute atomic E-state index is 0.0314. The van der Waals surface area contributed by atoms with Crippen molar-refractivity contribution in [2.45, 2.75) is 33.8 Å². The van der Waals surface area contributed by atoms with E-state index in [1.54, 1.807) is 4.68 Å². The number of hydrogen-bond acceptors (Lipinski definition) is 4. The van der Waals surface area contributed by atoms with Crippen LogP contribution in [0.25, 0.3) is 17.1 Å². The Morgan fingerprint density at radius 2 is 1.47 bits per heavy atom. The number of carbonyl (C=O) groups is 1. The number of ether oxygens (including phenoxy) is 1. The van der Waals surface area contributed by atoms with Crippen LogP contribution >= 0.6 is 0 Å². The first-order valence-corrected chi connectivity index (χ1v) is 10.6. The van der Waals surface area contributed by atoms with E-state index in [4.69, 9.17) is 4.74 Å². The van der Waals surface area contributed by atoms with E-state index >= 15 is 0 Å². The van der Waals surface area contributed by atoms with Crippen LogP contribution in [-0.4, -0.2) is 26.8 Å². The van der Waals surface area contributed by atoms with Crippen molar-refractivity contribution in [2.75, 3.05) is 5.32 Å². The van der Waals surface area contributed by atoms with Crippen molar-refractivity contribution in [3.8, 4) is 23.1 Å². The second-order valence-corrected chi connectivity index (χ2v) is 8.03. The molecule has 0 saturated heterocycles. The molecule has 6 nitrogen and oxygen atoms in total. The topological polar surface area (TPSA) is 69.0 Å². The molecule has 1 heterocycles. The molecule has 0 bridgehead atoms. The van der Waals surface area contributed by atoms with Gasteiger partial charge in [-0.05, 0) is 64.1 Å². The van der Waals surface area contributed by atoms with E-state index in [9.17, 15) is 4.79 Å². The van der Waals surface area contributed by atoms with Crippen molar-refractivity contribution >= 4 is 11.6 Å². The van der Waals surface area contributed by atoms with Gasteiger partial charge < -0.3 is 10.1 Å². The van der Waals surface area contributed by atoms with E-state index in [0.29, 0.717) is 23.1 Å². The second kappa shape index (κ2) is 9.06. The van der Waals surface area contributed by atoms with Gasteiger partial charge in [-0.2, -0.15) is 4.98 Å². The molecule has 0 aliphatic rings. The van der Waals surface area contributed by atoms with Gasteiger partial charge in [0.15, 0.2) is 5.82 Å². The molecule has 4 aromatic rings. The van der Waals surface area contributed by atoms with Gasteiger partial charge >= 0.3 is 6.01 Å². The lowest BCUT2D eigenvalue weighted by molar-refractivity contribution is 0.102. The highest BCUT2D eigenvalue weighted by molar-refractivity contribution is 6.04. The average Bonchev–Trinajstić information content (AvgIpc) is 3.18. The summed E-state index contributed by atoms with van der Waals surface area (Å²) in [5.74, 6) is 0.545. The van der Waals surface area contributed by atoms with E-state index in [2.05, 4.69) is 15.4 Å². The third-order valence-electron chi connectivity index (χ3n) is 4.92. The number of aryl methyl sites for hydroxylation is 2. The fourth-order valence-corrected chi connectivity index (χ4v) is 3.22. The Morgan fingerprint density at radius 1 is 0.875 bits per heavy atom. The van der Waals surface area contributed by atoms with Gasteiger partial charge in [0.05, 0.1) is 11.8 Å². The molecule has 0 fully saturated rings. The number of rotatable bonds is 6. The molecule has 4 rings (SSSR count). The third kappa shape index (κ3) is 4.86. The number of amides is 1. The summed E-state index contributed by atoms with van der Waals surface area (Å²) in [6.45, 7) is 7.92. The molecule has 6 heteroatoms. The third-order valence-corrected chi connectivity index (χ3v) is 4.92. The zero-order chi connectivity index (χ0) is 22.7. The molecule has 0 aliphatic carbocycles. The zero-order valence-electron chi connectivity index (χ0n) is 18.7. The van der Waals surface area contributed by atoms with E-state index in [1.807, 2.05) is 100 Å². The van der Waals surface area contributed by atoms with Crippen LogP contribution in [0.1, 0.15) is 35.3 Å². The number of anilines is 1. The Labute approximate surface area is 187 Å². The summed E-state index contributed by atoms with van der Waals surface area (Å²) in [5.41, 5.74) is 5.37. The van der Waals surface area contributed by atoms with Crippen molar-refractivity contribution < 1.29 is 9.53 Å². The molecular weight excluding hydrogens is 400 g/mol. The van der Waals surface area contributed by atoms with Crippen LogP contribution < -0.4 is 10.1 Å². The van der Waals surface area contributed by atoms with Crippen LogP contribution in [0.5, 0.6) is 6.01 Å². The molecule has 0 aliphatic heterocycles. The van der Waals surface area contributed by atoms with Gasteiger partial charge in [0.1, 0.15) is 0 Å². The molecule has 1 aromatic heterocycles. The lowest BCUT2D eigenvalue weighted by Gasteiger charge is -2.09. The maximum Gasteiger partial charge on any atom is 0.336 e. The summed E-state index contributed by atoms with van der Waals surface area (Å²) in [5, 5.41) is 7.49. The van der Waals surface area contributed by atoms with E-state index in [1.165, 1.54) is 5.56 Å². The lowest BCUT2D eigenvalue weighted by Crippen LogP contribution is -2.11. The summed E-state index contributed by atoms with van der Waals surface area (Å²) in [7, 11) is 0. The van der Waals surface area contributed by atoms with Crippen molar-refractivity contribution in [1.29, 1.82) is 0 Å². The molecule has 0 spiro atoms. The van der Waals surface area contributed by atoms with Crippen molar-refractivity contribution in [2.24, 2.45) is 0 Å². The SMILES string of the molecule is Cc1ccc(C(=O)Nc2ccc(-n3nc(OC(C)C)nc3-c3ccc(C)cc3)cc2)cc1. The number of aromatic nitrogens is 3. The number of nitrogens with zero attached hydrogens (tertiary/aromatic N) is 3. The molecule has 0 unspecified atom stereocenters.